The first-order valence-corrected chi connectivity index (χ1v) is 9.21. The van der Waals surface area contributed by atoms with Crippen LogP contribution in [0.25, 0.3) is 11.0 Å². The lowest BCUT2D eigenvalue weighted by Gasteiger charge is -2.36. The third kappa shape index (κ3) is 3.74. The van der Waals surface area contributed by atoms with E-state index in [2.05, 4.69) is 31.2 Å². The molecule has 0 bridgehead atoms. The third-order valence-electron chi connectivity index (χ3n) is 4.13. The van der Waals surface area contributed by atoms with E-state index in [4.69, 9.17) is 10.5 Å². The maximum atomic E-state index is 13.1. The number of carbonyl (C=O) groups excluding carboxylic acids is 1. The van der Waals surface area contributed by atoms with E-state index in [1.165, 1.54) is 0 Å². The highest BCUT2D eigenvalue weighted by Crippen LogP contribution is 2.39. The number of nitrogen functional groups attached to an aromatic ring is 1. The maximum Gasteiger partial charge on any atom is 0.415 e. The van der Waals surface area contributed by atoms with Crippen LogP contribution < -0.4 is 16.0 Å². The molecule has 1 saturated heterocycles. The SMILES string of the molecule is CC(C)(C)OC(=O)N(c1c(Br)cnc2[nH]cc(N)c12)[C@@H]1CCCNC1. The van der Waals surface area contributed by atoms with Crippen molar-refractivity contribution in [1.82, 2.24) is 15.3 Å². The first-order chi connectivity index (χ1) is 11.8. The van der Waals surface area contributed by atoms with Crippen molar-refractivity contribution in [3.05, 3.63) is 16.9 Å². The van der Waals surface area contributed by atoms with Crippen LogP contribution in [-0.4, -0.2) is 40.8 Å². The van der Waals surface area contributed by atoms with Gasteiger partial charge in [0, 0.05) is 18.9 Å². The highest BCUT2D eigenvalue weighted by Gasteiger charge is 2.33. The molecule has 0 aliphatic carbocycles. The Hall–Kier alpha value is -1.80. The zero-order valence-electron chi connectivity index (χ0n) is 14.7. The minimum Gasteiger partial charge on any atom is -0.443 e. The Morgan fingerprint density at radius 2 is 2.24 bits per heavy atom. The molecule has 8 heteroatoms. The number of nitrogens with two attached hydrogens (primary N) is 1. The molecule has 0 saturated carbocycles. The molecule has 136 valence electrons. The van der Waals surface area contributed by atoms with Crippen molar-refractivity contribution in [3.63, 3.8) is 0 Å². The van der Waals surface area contributed by atoms with Crippen LogP contribution in [0.15, 0.2) is 16.9 Å². The summed E-state index contributed by atoms with van der Waals surface area (Å²) in [4.78, 5) is 22.2. The summed E-state index contributed by atoms with van der Waals surface area (Å²) < 4.78 is 6.41. The number of pyridine rings is 1. The number of H-pyrrole nitrogens is 1. The van der Waals surface area contributed by atoms with Gasteiger partial charge in [-0.3, -0.25) is 4.90 Å². The van der Waals surface area contributed by atoms with Gasteiger partial charge in [-0.2, -0.15) is 0 Å². The fraction of sp³-hybridized carbons (Fsp3) is 0.529. The van der Waals surface area contributed by atoms with E-state index in [-0.39, 0.29) is 12.1 Å². The number of fused-ring (bicyclic) bond motifs is 1. The standard InChI is InChI=1S/C17H24BrN5O2/c1-17(2,3)25-16(24)23(10-5-4-6-20-7-10)14-11(18)8-21-15-13(14)12(19)9-22-15/h8-10,20H,4-7,19H2,1-3H3,(H,21,22)/t10-/m1/s1. The number of hydrogen-bond acceptors (Lipinski definition) is 5. The van der Waals surface area contributed by atoms with Crippen molar-refractivity contribution in [2.24, 2.45) is 0 Å². The number of aromatic amines is 1. The van der Waals surface area contributed by atoms with Gasteiger partial charge in [0.2, 0.25) is 0 Å². The molecule has 3 rings (SSSR count). The summed E-state index contributed by atoms with van der Waals surface area (Å²) in [5.74, 6) is 0. The molecule has 4 N–H and O–H groups in total. The van der Waals surface area contributed by atoms with E-state index >= 15 is 0 Å². The normalized spacial score (nSPS) is 18.3. The van der Waals surface area contributed by atoms with Gasteiger partial charge in [0.1, 0.15) is 11.2 Å². The molecule has 2 aromatic heterocycles. The molecule has 1 amide bonds. The summed E-state index contributed by atoms with van der Waals surface area (Å²) in [5, 5.41) is 4.09. The molecule has 25 heavy (non-hydrogen) atoms. The van der Waals surface area contributed by atoms with Crippen LogP contribution in [0, 0.1) is 0 Å². The van der Waals surface area contributed by atoms with Gasteiger partial charge in [0.05, 0.1) is 27.3 Å². The first-order valence-electron chi connectivity index (χ1n) is 8.42. The Bertz CT molecular complexity index is 777. The lowest BCUT2D eigenvalue weighted by atomic mass is 10.0. The number of hydrogen-bond donors (Lipinski definition) is 3. The second-order valence-corrected chi connectivity index (χ2v) is 8.13. The zero-order valence-corrected chi connectivity index (χ0v) is 16.3. The van der Waals surface area contributed by atoms with Crippen molar-refractivity contribution in [2.75, 3.05) is 23.7 Å². The van der Waals surface area contributed by atoms with E-state index in [1.54, 1.807) is 17.3 Å². The molecule has 0 unspecified atom stereocenters. The maximum absolute atomic E-state index is 13.1. The van der Waals surface area contributed by atoms with Crippen LogP contribution >= 0.6 is 15.9 Å². The van der Waals surface area contributed by atoms with Crippen molar-refractivity contribution in [3.8, 4) is 0 Å². The van der Waals surface area contributed by atoms with Gasteiger partial charge in [0.15, 0.2) is 0 Å². The predicted molar refractivity (Wildman–Crippen MR) is 103 cm³/mol. The fourth-order valence-corrected chi connectivity index (χ4v) is 3.59. The van der Waals surface area contributed by atoms with Crippen molar-refractivity contribution in [1.29, 1.82) is 0 Å². The quantitative estimate of drug-likeness (QED) is 0.705. The molecule has 0 spiro atoms. The molecule has 3 heterocycles. The van der Waals surface area contributed by atoms with Gasteiger partial charge in [-0.25, -0.2) is 9.78 Å². The fourth-order valence-electron chi connectivity index (χ4n) is 3.10. The molecular formula is C17H24BrN5O2. The topological polar surface area (TPSA) is 96.3 Å². The van der Waals surface area contributed by atoms with Gasteiger partial charge in [-0.15, -0.1) is 0 Å². The van der Waals surface area contributed by atoms with Gasteiger partial charge in [-0.05, 0) is 56.1 Å². The van der Waals surface area contributed by atoms with Crippen LogP contribution in [-0.2, 0) is 4.74 Å². The van der Waals surface area contributed by atoms with Gasteiger partial charge in [0.25, 0.3) is 0 Å². The minimum absolute atomic E-state index is 0.0141. The number of carbonyl (C=O) groups is 1. The van der Waals surface area contributed by atoms with Crippen LogP contribution in [0.2, 0.25) is 0 Å². The monoisotopic (exact) mass is 409 g/mol. The van der Waals surface area contributed by atoms with Gasteiger partial charge < -0.3 is 20.8 Å². The van der Waals surface area contributed by atoms with Crippen LogP contribution in [0.4, 0.5) is 16.2 Å². The van der Waals surface area contributed by atoms with E-state index in [0.717, 1.165) is 24.8 Å². The number of aromatic nitrogens is 2. The Morgan fingerprint density at radius 1 is 1.48 bits per heavy atom. The number of ether oxygens (including phenoxy) is 1. The van der Waals surface area contributed by atoms with Crippen LogP contribution in [0.3, 0.4) is 0 Å². The number of nitrogens with one attached hydrogen (secondary N) is 2. The number of piperidine rings is 1. The summed E-state index contributed by atoms with van der Waals surface area (Å²) in [6, 6.07) is -0.0141. The summed E-state index contributed by atoms with van der Waals surface area (Å²) in [6.07, 6.45) is 4.89. The summed E-state index contributed by atoms with van der Waals surface area (Å²) in [5.41, 5.74) is 7.47. The lowest BCUT2D eigenvalue weighted by molar-refractivity contribution is 0.0560. The van der Waals surface area contributed by atoms with E-state index < -0.39 is 5.60 Å². The lowest BCUT2D eigenvalue weighted by Crippen LogP contribution is -2.50. The minimum atomic E-state index is -0.584. The molecule has 0 radical (unpaired) electrons. The first kappa shape index (κ1) is 18.0. The Labute approximate surface area is 155 Å². The Morgan fingerprint density at radius 3 is 2.88 bits per heavy atom. The molecule has 1 aliphatic heterocycles. The molecule has 0 aromatic carbocycles. The summed E-state index contributed by atoms with van der Waals surface area (Å²) >= 11 is 3.55. The zero-order chi connectivity index (χ0) is 18.2. The average molecular weight is 410 g/mol. The van der Waals surface area contributed by atoms with E-state index in [9.17, 15) is 4.79 Å². The van der Waals surface area contributed by atoms with E-state index in [1.807, 2.05) is 20.8 Å². The Kier molecular flexibility index (Phi) is 4.92. The second kappa shape index (κ2) is 6.84. The second-order valence-electron chi connectivity index (χ2n) is 7.27. The molecule has 1 aliphatic rings. The van der Waals surface area contributed by atoms with Gasteiger partial charge in [-0.1, -0.05) is 0 Å². The van der Waals surface area contributed by atoms with Crippen molar-refractivity contribution >= 4 is 44.4 Å². The predicted octanol–water partition coefficient (Wildman–Crippen LogP) is 3.40. The van der Waals surface area contributed by atoms with Crippen LogP contribution in [0.5, 0.6) is 0 Å². The summed E-state index contributed by atoms with van der Waals surface area (Å²) in [6.45, 7) is 7.26. The highest BCUT2D eigenvalue weighted by atomic mass is 79.9. The van der Waals surface area contributed by atoms with Crippen LogP contribution in [0.1, 0.15) is 33.6 Å². The largest absolute Gasteiger partial charge is 0.443 e. The number of amides is 1. The smallest absolute Gasteiger partial charge is 0.415 e. The molecule has 7 nitrogen and oxygen atoms in total. The number of rotatable bonds is 2. The molecular weight excluding hydrogens is 386 g/mol. The van der Waals surface area contributed by atoms with E-state index in [0.29, 0.717) is 28.0 Å². The summed E-state index contributed by atoms with van der Waals surface area (Å²) in [7, 11) is 0. The number of nitrogens with zero attached hydrogens (tertiary/aromatic N) is 2. The number of halogens is 1. The van der Waals surface area contributed by atoms with Gasteiger partial charge >= 0.3 is 6.09 Å². The Balaban J connectivity index is 2.12. The molecule has 1 atom stereocenters. The highest BCUT2D eigenvalue weighted by molar-refractivity contribution is 9.10. The van der Waals surface area contributed by atoms with Crippen molar-refractivity contribution in [2.45, 2.75) is 45.3 Å². The molecule has 2 aromatic rings. The third-order valence-corrected chi connectivity index (χ3v) is 4.71. The average Bonchev–Trinajstić information content (AvgIpc) is 2.90. The van der Waals surface area contributed by atoms with Crippen molar-refractivity contribution < 1.29 is 9.53 Å². The molecule has 1 fully saturated rings. The number of anilines is 2.